The van der Waals surface area contributed by atoms with Gasteiger partial charge in [0.05, 0.1) is 0 Å². The van der Waals surface area contributed by atoms with E-state index in [0.29, 0.717) is 6.71 Å². The van der Waals surface area contributed by atoms with Gasteiger partial charge in [-0.25, -0.2) is 0 Å². The second-order valence-corrected chi connectivity index (χ2v) is 6.15. The van der Waals surface area contributed by atoms with Gasteiger partial charge in [-0.2, -0.15) is 0 Å². The molecular formula is C17H30B2. The van der Waals surface area contributed by atoms with E-state index in [9.17, 15) is 0 Å². The molecule has 19 heavy (non-hydrogen) atoms. The van der Waals surface area contributed by atoms with E-state index < -0.39 is 0 Å². The standard InChI is InChI=1S/C17H30B2/c1-4-11-18(12-5-2)14-7-8-17-9-15-19(13-6-3)16-10-17/h4-5,7-8,17H,1-2,6,9-16H2,3H3/b8-7+. The lowest BCUT2D eigenvalue weighted by molar-refractivity contribution is 0.571. The van der Waals surface area contributed by atoms with E-state index in [-0.39, 0.29) is 0 Å². The lowest BCUT2D eigenvalue weighted by atomic mass is 9.38. The fourth-order valence-corrected chi connectivity index (χ4v) is 3.30. The van der Waals surface area contributed by atoms with Gasteiger partial charge in [-0.1, -0.05) is 88.4 Å². The highest BCUT2D eigenvalue weighted by Gasteiger charge is 2.21. The summed E-state index contributed by atoms with van der Waals surface area (Å²) in [6.07, 6.45) is 20.9. The maximum atomic E-state index is 3.85. The third kappa shape index (κ3) is 6.89. The van der Waals surface area contributed by atoms with Crippen LogP contribution >= 0.6 is 0 Å². The minimum absolute atomic E-state index is 0.711. The van der Waals surface area contributed by atoms with Crippen LogP contribution in [0, 0.1) is 5.92 Å². The molecule has 0 bridgehead atoms. The van der Waals surface area contributed by atoms with Gasteiger partial charge in [0.2, 0.25) is 0 Å². The number of rotatable bonds is 9. The summed E-state index contributed by atoms with van der Waals surface area (Å²) in [5, 5.41) is 0. The Kier molecular flexibility index (Phi) is 8.78. The van der Waals surface area contributed by atoms with Gasteiger partial charge in [-0.05, 0) is 5.92 Å². The molecule has 0 saturated carbocycles. The third-order valence-corrected chi connectivity index (χ3v) is 4.47. The van der Waals surface area contributed by atoms with Crippen molar-refractivity contribution < 1.29 is 0 Å². The number of allylic oxidation sites excluding steroid dienone is 4. The maximum Gasteiger partial charge on any atom is 0.151 e. The van der Waals surface area contributed by atoms with Crippen molar-refractivity contribution >= 4 is 13.4 Å². The van der Waals surface area contributed by atoms with Crippen LogP contribution in [-0.4, -0.2) is 13.4 Å². The smallest absolute Gasteiger partial charge is 0.104 e. The van der Waals surface area contributed by atoms with Crippen LogP contribution in [0.25, 0.3) is 0 Å². The highest BCUT2D eigenvalue weighted by Crippen LogP contribution is 2.28. The lowest BCUT2D eigenvalue weighted by Gasteiger charge is -2.24. The van der Waals surface area contributed by atoms with Crippen molar-refractivity contribution in [3.63, 3.8) is 0 Å². The van der Waals surface area contributed by atoms with Crippen LogP contribution < -0.4 is 0 Å². The Bertz CT molecular complexity index is 265. The number of hydrogen-bond donors (Lipinski definition) is 0. The van der Waals surface area contributed by atoms with E-state index in [4.69, 9.17) is 0 Å². The Labute approximate surface area is 121 Å². The Balaban J connectivity index is 2.25. The molecule has 1 heterocycles. The fourth-order valence-electron chi connectivity index (χ4n) is 3.30. The summed E-state index contributed by atoms with van der Waals surface area (Å²) in [6.45, 7) is 11.7. The summed E-state index contributed by atoms with van der Waals surface area (Å²) in [6, 6.07) is 0. The lowest BCUT2D eigenvalue weighted by Crippen LogP contribution is -2.20. The molecule has 1 aliphatic rings. The minimum atomic E-state index is 0.711. The summed E-state index contributed by atoms with van der Waals surface area (Å²) in [5.74, 6) is 0.848. The first-order valence-electron chi connectivity index (χ1n) is 8.18. The first kappa shape index (κ1) is 16.4. The molecule has 0 aromatic heterocycles. The molecule has 104 valence electrons. The molecule has 1 aliphatic heterocycles. The highest BCUT2D eigenvalue weighted by atomic mass is 14.1. The monoisotopic (exact) mass is 256 g/mol. The molecule has 0 amide bonds. The van der Waals surface area contributed by atoms with Crippen LogP contribution in [0.5, 0.6) is 0 Å². The summed E-state index contributed by atoms with van der Waals surface area (Å²) in [7, 11) is 0. The quantitative estimate of drug-likeness (QED) is 0.365. The van der Waals surface area contributed by atoms with Gasteiger partial charge >= 0.3 is 0 Å². The Morgan fingerprint density at radius 1 is 1.11 bits per heavy atom. The molecule has 0 aromatic carbocycles. The van der Waals surface area contributed by atoms with Crippen molar-refractivity contribution in [1.29, 1.82) is 0 Å². The van der Waals surface area contributed by atoms with Crippen molar-refractivity contribution in [2.45, 2.75) is 64.1 Å². The van der Waals surface area contributed by atoms with E-state index in [0.717, 1.165) is 25.3 Å². The zero-order valence-corrected chi connectivity index (χ0v) is 12.8. The Morgan fingerprint density at radius 2 is 1.74 bits per heavy atom. The molecule has 0 spiro atoms. The zero-order valence-electron chi connectivity index (χ0n) is 12.8. The van der Waals surface area contributed by atoms with Crippen molar-refractivity contribution in [3.8, 4) is 0 Å². The average Bonchev–Trinajstić information content (AvgIpc) is 2.41. The van der Waals surface area contributed by atoms with E-state index in [1.54, 1.807) is 0 Å². The first-order valence-corrected chi connectivity index (χ1v) is 8.18. The van der Waals surface area contributed by atoms with E-state index in [1.807, 2.05) is 12.2 Å². The maximum absolute atomic E-state index is 3.85. The van der Waals surface area contributed by atoms with Crippen LogP contribution in [-0.2, 0) is 0 Å². The van der Waals surface area contributed by atoms with Gasteiger partial charge in [0.1, 0.15) is 6.71 Å². The van der Waals surface area contributed by atoms with Crippen LogP contribution in [0.2, 0.25) is 37.9 Å². The molecule has 0 aromatic rings. The van der Waals surface area contributed by atoms with Gasteiger partial charge in [0.15, 0.2) is 6.71 Å². The van der Waals surface area contributed by atoms with Gasteiger partial charge in [-0.3, -0.25) is 0 Å². The summed E-state index contributed by atoms with van der Waals surface area (Å²) >= 11 is 0. The zero-order chi connectivity index (χ0) is 13.9. The van der Waals surface area contributed by atoms with E-state index in [2.05, 4.69) is 32.2 Å². The molecule has 0 atom stereocenters. The summed E-state index contributed by atoms with van der Waals surface area (Å²) < 4.78 is 0. The Morgan fingerprint density at radius 3 is 2.26 bits per heavy atom. The van der Waals surface area contributed by atoms with Crippen LogP contribution in [0.1, 0.15) is 26.2 Å². The summed E-state index contributed by atoms with van der Waals surface area (Å²) in [5.41, 5.74) is 0. The topological polar surface area (TPSA) is 0 Å². The fraction of sp³-hybridized carbons (Fsp3) is 0.647. The second-order valence-electron chi connectivity index (χ2n) is 6.15. The van der Waals surface area contributed by atoms with E-state index >= 15 is 0 Å². The molecule has 0 aliphatic carbocycles. The van der Waals surface area contributed by atoms with Crippen LogP contribution in [0.4, 0.5) is 0 Å². The van der Waals surface area contributed by atoms with Crippen molar-refractivity contribution in [1.82, 2.24) is 0 Å². The molecule has 0 radical (unpaired) electrons. The van der Waals surface area contributed by atoms with Crippen molar-refractivity contribution in [2.75, 3.05) is 0 Å². The molecule has 0 N–H and O–H groups in total. The molecule has 1 saturated heterocycles. The molecule has 0 unspecified atom stereocenters. The van der Waals surface area contributed by atoms with Gasteiger partial charge in [0.25, 0.3) is 0 Å². The highest BCUT2D eigenvalue weighted by molar-refractivity contribution is 6.60. The number of hydrogen-bond acceptors (Lipinski definition) is 0. The molecule has 1 rings (SSSR count). The molecule has 1 fully saturated rings. The predicted molar refractivity (Wildman–Crippen MR) is 92.9 cm³/mol. The Hall–Kier alpha value is -0.650. The van der Waals surface area contributed by atoms with Crippen molar-refractivity contribution in [3.05, 3.63) is 37.5 Å². The van der Waals surface area contributed by atoms with E-state index in [1.165, 1.54) is 44.5 Å². The molecule has 2 heteroatoms. The SMILES string of the molecule is C=CCB(CC=C)C/C=C/C1CCB(CCC)CC1. The third-order valence-electron chi connectivity index (χ3n) is 4.47. The molecular weight excluding hydrogens is 226 g/mol. The first-order chi connectivity index (χ1) is 9.30. The minimum Gasteiger partial charge on any atom is -0.104 e. The van der Waals surface area contributed by atoms with Crippen LogP contribution in [0.3, 0.4) is 0 Å². The van der Waals surface area contributed by atoms with Crippen molar-refractivity contribution in [2.24, 2.45) is 5.92 Å². The van der Waals surface area contributed by atoms with Gasteiger partial charge in [0, 0.05) is 0 Å². The molecule has 0 nitrogen and oxygen atoms in total. The predicted octanol–water partition coefficient (Wildman–Crippen LogP) is 5.72. The van der Waals surface area contributed by atoms with Gasteiger partial charge < -0.3 is 0 Å². The normalized spacial score (nSPS) is 16.8. The second kappa shape index (κ2) is 10.2. The van der Waals surface area contributed by atoms with Gasteiger partial charge in [-0.15, -0.1) is 13.2 Å². The largest absolute Gasteiger partial charge is 0.151 e. The van der Waals surface area contributed by atoms with Crippen LogP contribution in [0.15, 0.2) is 37.5 Å². The summed E-state index contributed by atoms with van der Waals surface area (Å²) in [4.78, 5) is 0. The average molecular weight is 256 g/mol.